The molecule has 0 N–H and O–H groups in total. The van der Waals surface area contributed by atoms with Crippen molar-refractivity contribution < 1.29 is 4.74 Å². The average Bonchev–Trinajstić information content (AvgIpc) is 3.12. The molecular formula is C21H31N5O3. The van der Waals surface area contributed by atoms with Crippen LogP contribution in [0.25, 0.3) is 16.9 Å². The lowest BCUT2D eigenvalue weighted by atomic mass is 9.70. The summed E-state index contributed by atoms with van der Waals surface area (Å²) in [5.41, 5.74) is 1.55. The zero-order valence-corrected chi connectivity index (χ0v) is 18.2. The number of hydrogen-bond donors (Lipinski definition) is 0. The minimum atomic E-state index is -0.365. The van der Waals surface area contributed by atoms with Gasteiger partial charge in [0.05, 0.1) is 13.2 Å². The zero-order valence-electron chi connectivity index (χ0n) is 18.2. The molecule has 3 aromatic heterocycles. The van der Waals surface area contributed by atoms with Gasteiger partial charge in [-0.1, -0.05) is 20.8 Å². The summed E-state index contributed by atoms with van der Waals surface area (Å²) in [4.78, 5) is 30.6. The molecule has 0 aliphatic heterocycles. The van der Waals surface area contributed by atoms with E-state index in [9.17, 15) is 9.59 Å². The highest BCUT2D eigenvalue weighted by Gasteiger charge is 2.34. The molecule has 4 rings (SSSR count). The van der Waals surface area contributed by atoms with Gasteiger partial charge < -0.3 is 9.30 Å². The number of nitrogens with zero attached hydrogens (tertiary/aromatic N) is 5. The molecule has 3 heterocycles. The first-order valence-electron chi connectivity index (χ1n) is 10.3. The third-order valence-corrected chi connectivity index (χ3v) is 6.32. The zero-order chi connectivity index (χ0) is 21.1. The van der Waals surface area contributed by atoms with Crippen LogP contribution < -0.4 is 11.2 Å². The predicted octanol–water partition coefficient (Wildman–Crippen LogP) is 2.49. The second kappa shape index (κ2) is 6.86. The van der Waals surface area contributed by atoms with Crippen LogP contribution in [0.5, 0.6) is 0 Å². The molecule has 0 unspecified atom stereocenters. The Morgan fingerprint density at radius 3 is 2.66 bits per heavy atom. The monoisotopic (exact) mass is 401 g/mol. The molecule has 2 atom stereocenters. The van der Waals surface area contributed by atoms with E-state index in [1.165, 1.54) is 15.6 Å². The summed E-state index contributed by atoms with van der Waals surface area (Å²) in [5.74, 6) is 1.37. The van der Waals surface area contributed by atoms with Crippen molar-refractivity contribution in [2.45, 2.75) is 59.5 Å². The van der Waals surface area contributed by atoms with Crippen molar-refractivity contribution in [1.29, 1.82) is 0 Å². The summed E-state index contributed by atoms with van der Waals surface area (Å²) in [6.07, 6.45) is 5.36. The highest BCUT2D eigenvalue weighted by atomic mass is 16.5. The molecule has 1 saturated carbocycles. The van der Waals surface area contributed by atoms with E-state index < -0.39 is 0 Å². The van der Waals surface area contributed by atoms with Crippen molar-refractivity contribution in [1.82, 2.24) is 23.1 Å². The van der Waals surface area contributed by atoms with E-state index in [1.54, 1.807) is 14.2 Å². The molecule has 1 fully saturated rings. The van der Waals surface area contributed by atoms with E-state index in [1.807, 2.05) is 10.6 Å². The third-order valence-electron chi connectivity index (χ3n) is 6.32. The maximum atomic E-state index is 13.2. The Morgan fingerprint density at radius 1 is 1.28 bits per heavy atom. The quantitative estimate of drug-likeness (QED) is 0.673. The first-order chi connectivity index (χ1) is 13.6. The van der Waals surface area contributed by atoms with Crippen molar-refractivity contribution in [3.63, 3.8) is 0 Å². The molecule has 158 valence electrons. The molecule has 8 nitrogen and oxygen atoms in total. The fourth-order valence-electron chi connectivity index (χ4n) is 5.35. The summed E-state index contributed by atoms with van der Waals surface area (Å²) in [5, 5.41) is 0. The van der Waals surface area contributed by atoms with Crippen molar-refractivity contribution >= 4 is 16.9 Å². The van der Waals surface area contributed by atoms with Crippen molar-refractivity contribution in [2.75, 3.05) is 13.7 Å². The van der Waals surface area contributed by atoms with Gasteiger partial charge in [0.1, 0.15) is 0 Å². The van der Waals surface area contributed by atoms with Crippen LogP contribution in [0.4, 0.5) is 0 Å². The van der Waals surface area contributed by atoms with Gasteiger partial charge in [0, 0.05) is 32.1 Å². The first-order valence-corrected chi connectivity index (χ1v) is 10.3. The molecule has 0 radical (unpaired) electrons. The van der Waals surface area contributed by atoms with E-state index in [0.29, 0.717) is 29.7 Å². The number of aryl methyl sites for hydroxylation is 2. The summed E-state index contributed by atoms with van der Waals surface area (Å²) in [6, 6.07) is 0.329. The molecular weight excluding hydrogens is 370 g/mol. The molecule has 8 heteroatoms. The van der Waals surface area contributed by atoms with Gasteiger partial charge in [0.25, 0.3) is 5.56 Å². The number of fused-ring (bicyclic) bond motifs is 3. The van der Waals surface area contributed by atoms with Gasteiger partial charge >= 0.3 is 5.69 Å². The van der Waals surface area contributed by atoms with E-state index in [4.69, 9.17) is 9.72 Å². The first kappa shape index (κ1) is 19.9. The number of ether oxygens (including phenoxy) is 1. The predicted molar refractivity (Wildman–Crippen MR) is 113 cm³/mol. The molecule has 3 aromatic rings. The fourth-order valence-corrected chi connectivity index (χ4v) is 5.35. The second-order valence-electron chi connectivity index (χ2n) is 9.45. The molecule has 0 bridgehead atoms. The summed E-state index contributed by atoms with van der Waals surface area (Å²) in [6.45, 7) is 9.55. The maximum absolute atomic E-state index is 13.2. The molecule has 0 aromatic carbocycles. The number of rotatable bonds is 4. The summed E-state index contributed by atoms with van der Waals surface area (Å²) >= 11 is 0. The Morgan fingerprint density at radius 2 is 2.00 bits per heavy atom. The molecule has 0 saturated heterocycles. The normalized spacial score (nSPS) is 22.0. The largest absolute Gasteiger partial charge is 0.383 e. The molecule has 1 aliphatic rings. The van der Waals surface area contributed by atoms with Gasteiger partial charge in [0.15, 0.2) is 11.2 Å². The standard InChI is InChI=1S/C21H31N5O3/c1-13-9-15(11-21(3,4)10-13)26-14(2)12-25-16-17(22-19(25)26)23(5)20(28)24(18(16)27)7-8-29-6/h12-13,15H,7-11H2,1-6H3/t13-,15+/m1/s1. The highest BCUT2D eigenvalue weighted by molar-refractivity contribution is 5.75. The Balaban J connectivity index is 1.96. The topological polar surface area (TPSA) is 75.5 Å². The lowest BCUT2D eigenvalue weighted by molar-refractivity contribution is 0.138. The van der Waals surface area contributed by atoms with Gasteiger partial charge in [-0.05, 0) is 37.5 Å². The molecule has 1 aliphatic carbocycles. The molecule has 0 spiro atoms. The van der Waals surface area contributed by atoms with Gasteiger partial charge in [-0.25, -0.2) is 4.79 Å². The molecule has 0 amide bonds. The number of methoxy groups -OCH3 is 1. The van der Waals surface area contributed by atoms with E-state index >= 15 is 0 Å². The van der Waals surface area contributed by atoms with Crippen LogP contribution in [-0.2, 0) is 18.3 Å². The van der Waals surface area contributed by atoms with E-state index in [2.05, 4.69) is 32.3 Å². The van der Waals surface area contributed by atoms with Gasteiger partial charge in [-0.3, -0.25) is 18.3 Å². The van der Waals surface area contributed by atoms with Crippen LogP contribution >= 0.6 is 0 Å². The van der Waals surface area contributed by atoms with Crippen LogP contribution in [0.3, 0.4) is 0 Å². The van der Waals surface area contributed by atoms with Crippen molar-refractivity contribution in [2.24, 2.45) is 18.4 Å². The average molecular weight is 402 g/mol. The number of aromatic nitrogens is 5. The van der Waals surface area contributed by atoms with Crippen LogP contribution in [0.15, 0.2) is 15.8 Å². The van der Waals surface area contributed by atoms with E-state index in [0.717, 1.165) is 24.3 Å². The molecule has 29 heavy (non-hydrogen) atoms. The lowest BCUT2D eigenvalue weighted by Crippen LogP contribution is -2.40. The number of imidazole rings is 2. The van der Waals surface area contributed by atoms with Gasteiger partial charge in [-0.2, -0.15) is 4.98 Å². The summed E-state index contributed by atoms with van der Waals surface area (Å²) in [7, 11) is 3.23. The lowest BCUT2D eigenvalue weighted by Gasteiger charge is -2.39. The van der Waals surface area contributed by atoms with Gasteiger partial charge in [-0.15, -0.1) is 0 Å². The summed E-state index contributed by atoms with van der Waals surface area (Å²) < 4.78 is 11.9. The Kier molecular flexibility index (Phi) is 4.72. The smallest absolute Gasteiger partial charge is 0.332 e. The second-order valence-corrected chi connectivity index (χ2v) is 9.45. The minimum Gasteiger partial charge on any atom is -0.383 e. The maximum Gasteiger partial charge on any atom is 0.332 e. The third kappa shape index (κ3) is 3.13. The van der Waals surface area contributed by atoms with Crippen molar-refractivity contribution in [3.8, 4) is 0 Å². The van der Waals surface area contributed by atoms with Crippen LogP contribution in [0.1, 0.15) is 51.8 Å². The Bertz CT molecular complexity index is 1190. The van der Waals surface area contributed by atoms with Crippen LogP contribution in [0.2, 0.25) is 0 Å². The SMILES string of the molecule is COCCn1c(=O)c2c(nc3n([C@H]4C[C@@H](C)CC(C)(C)C4)c(C)cn23)n(C)c1=O. The Hall–Kier alpha value is -2.35. The highest BCUT2D eigenvalue weighted by Crippen LogP contribution is 2.44. The van der Waals surface area contributed by atoms with Crippen LogP contribution in [0, 0.1) is 18.3 Å². The van der Waals surface area contributed by atoms with Crippen LogP contribution in [-0.4, -0.2) is 36.8 Å². The Labute approximate surface area is 169 Å². The minimum absolute atomic E-state index is 0.221. The fraction of sp³-hybridized carbons (Fsp3) is 0.667. The van der Waals surface area contributed by atoms with E-state index in [-0.39, 0.29) is 23.2 Å². The van der Waals surface area contributed by atoms with Gasteiger partial charge in [0.2, 0.25) is 5.78 Å². The van der Waals surface area contributed by atoms with Crippen molar-refractivity contribution in [3.05, 3.63) is 32.7 Å². The number of hydrogen-bond acceptors (Lipinski definition) is 4.